The van der Waals surface area contributed by atoms with Gasteiger partial charge in [-0.05, 0) is 30.5 Å². The zero-order chi connectivity index (χ0) is 13.7. The molecule has 0 spiro atoms. The van der Waals surface area contributed by atoms with Crippen molar-refractivity contribution in [2.24, 2.45) is 4.99 Å². The Hall–Kier alpha value is -0.270. The standard InChI is InChI=1S/C14H17BrClN3.HI/c1-17-14(19-12-4-2-3-5-12)18-9-10-6-7-11(15)8-13(10)16;/h2-3,6-8,12H,4-5,9H2,1H3,(H2,17,18,19);1H. The lowest BCUT2D eigenvalue weighted by Crippen LogP contribution is -2.42. The van der Waals surface area contributed by atoms with E-state index in [-0.39, 0.29) is 24.0 Å². The minimum Gasteiger partial charge on any atom is -0.353 e. The molecule has 2 rings (SSSR count). The van der Waals surface area contributed by atoms with Crippen LogP contribution >= 0.6 is 51.5 Å². The number of benzene rings is 1. The van der Waals surface area contributed by atoms with E-state index in [2.05, 4.69) is 43.7 Å². The Morgan fingerprint density at radius 3 is 2.70 bits per heavy atom. The molecule has 0 unspecified atom stereocenters. The zero-order valence-corrected chi connectivity index (χ0v) is 15.9. The highest BCUT2D eigenvalue weighted by atomic mass is 127. The number of nitrogens with zero attached hydrogens (tertiary/aromatic N) is 1. The van der Waals surface area contributed by atoms with Crippen LogP contribution in [-0.4, -0.2) is 19.0 Å². The monoisotopic (exact) mass is 469 g/mol. The fourth-order valence-corrected chi connectivity index (χ4v) is 2.71. The maximum atomic E-state index is 6.19. The van der Waals surface area contributed by atoms with Crippen LogP contribution in [0.3, 0.4) is 0 Å². The van der Waals surface area contributed by atoms with Crippen LogP contribution in [0.15, 0.2) is 39.8 Å². The van der Waals surface area contributed by atoms with Crippen molar-refractivity contribution in [2.45, 2.75) is 25.4 Å². The van der Waals surface area contributed by atoms with Gasteiger partial charge in [-0.1, -0.05) is 45.7 Å². The summed E-state index contributed by atoms with van der Waals surface area (Å²) < 4.78 is 0.987. The summed E-state index contributed by atoms with van der Waals surface area (Å²) in [4.78, 5) is 4.23. The number of hydrogen-bond donors (Lipinski definition) is 2. The molecule has 3 nitrogen and oxygen atoms in total. The SMILES string of the molecule is CN=C(NCc1ccc(Br)cc1Cl)NC1CC=CC1.I. The fourth-order valence-electron chi connectivity index (χ4n) is 1.97. The van der Waals surface area contributed by atoms with Gasteiger partial charge in [-0.3, -0.25) is 4.99 Å². The summed E-state index contributed by atoms with van der Waals surface area (Å²) in [6.45, 7) is 0.659. The van der Waals surface area contributed by atoms with Crippen molar-refractivity contribution in [3.05, 3.63) is 45.4 Å². The van der Waals surface area contributed by atoms with Crippen molar-refractivity contribution in [3.8, 4) is 0 Å². The molecule has 0 bridgehead atoms. The predicted molar refractivity (Wildman–Crippen MR) is 100 cm³/mol. The van der Waals surface area contributed by atoms with Crippen LogP contribution < -0.4 is 10.6 Å². The van der Waals surface area contributed by atoms with Crippen LogP contribution in [0, 0.1) is 0 Å². The predicted octanol–water partition coefficient (Wildman–Crippen LogP) is 4.10. The molecule has 20 heavy (non-hydrogen) atoms. The summed E-state index contributed by atoms with van der Waals surface area (Å²) in [5.74, 6) is 0.813. The molecule has 0 radical (unpaired) electrons. The van der Waals surface area contributed by atoms with Crippen LogP contribution in [0.4, 0.5) is 0 Å². The van der Waals surface area contributed by atoms with Gasteiger partial charge in [-0.25, -0.2) is 0 Å². The van der Waals surface area contributed by atoms with Crippen molar-refractivity contribution >= 4 is 57.5 Å². The van der Waals surface area contributed by atoms with E-state index in [9.17, 15) is 0 Å². The Labute approximate surface area is 150 Å². The quantitative estimate of drug-likeness (QED) is 0.302. The van der Waals surface area contributed by atoms with Crippen LogP contribution in [0.2, 0.25) is 5.02 Å². The van der Waals surface area contributed by atoms with Crippen LogP contribution in [-0.2, 0) is 6.54 Å². The zero-order valence-electron chi connectivity index (χ0n) is 11.2. The van der Waals surface area contributed by atoms with Crippen molar-refractivity contribution in [2.75, 3.05) is 7.05 Å². The Bertz CT molecular complexity index is 497. The summed E-state index contributed by atoms with van der Waals surface area (Å²) in [5, 5.41) is 7.42. The first-order valence-corrected chi connectivity index (χ1v) is 7.42. The molecule has 1 aliphatic rings. The average Bonchev–Trinajstić information content (AvgIpc) is 2.89. The van der Waals surface area contributed by atoms with Gasteiger partial charge in [-0.2, -0.15) is 0 Å². The minimum absolute atomic E-state index is 0. The number of nitrogens with one attached hydrogen (secondary N) is 2. The molecule has 1 aromatic carbocycles. The second-order valence-corrected chi connectivity index (χ2v) is 5.77. The second-order valence-electron chi connectivity index (χ2n) is 4.45. The third-order valence-corrected chi connectivity index (χ3v) is 3.88. The molecule has 2 N–H and O–H groups in total. The lowest BCUT2D eigenvalue weighted by molar-refractivity contribution is 0.633. The summed E-state index contributed by atoms with van der Waals surface area (Å²) in [6, 6.07) is 6.34. The molecule has 0 fully saturated rings. The van der Waals surface area contributed by atoms with Gasteiger partial charge in [0.2, 0.25) is 0 Å². The fraction of sp³-hybridized carbons (Fsp3) is 0.357. The van der Waals surface area contributed by atoms with Gasteiger partial charge in [0.1, 0.15) is 0 Å². The van der Waals surface area contributed by atoms with E-state index in [0.717, 1.165) is 33.9 Å². The van der Waals surface area contributed by atoms with Gasteiger partial charge >= 0.3 is 0 Å². The van der Waals surface area contributed by atoms with E-state index >= 15 is 0 Å². The molecule has 0 aliphatic heterocycles. The molecule has 1 aromatic rings. The maximum Gasteiger partial charge on any atom is 0.191 e. The van der Waals surface area contributed by atoms with E-state index in [1.807, 2.05) is 18.2 Å². The van der Waals surface area contributed by atoms with Crippen LogP contribution in [0.5, 0.6) is 0 Å². The Morgan fingerprint density at radius 2 is 2.10 bits per heavy atom. The Morgan fingerprint density at radius 1 is 1.40 bits per heavy atom. The molecule has 0 saturated carbocycles. The van der Waals surface area contributed by atoms with Gasteiger partial charge in [0.25, 0.3) is 0 Å². The van der Waals surface area contributed by atoms with E-state index in [1.54, 1.807) is 7.05 Å². The Kier molecular flexibility index (Phi) is 7.91. The highest BCUT2D eigenvalue weighted by Gasteiger charge is 2.11. The summed E-state index contributed by atoms with van der Waals surface area (Å²) in [5.41, 5.74) is 1.05. The molecular weight excluding hydrogens is 452 g/mol. The first-order valence-electron chi connectivity index (χ1n) is 6.25. The van der Waals surface area contributed by atoms with Gasteiger partial charge < -0.3 is 10.6 Å². The molecule has 0 atom stereocenters. The van der Waals surface area contributed by atoms with Crippen molar-refractivity contribution < 1.29 is 0 Å². The van der Waals surface area contributed by atoms with E-state index in [1.165, 1.54) is 0 Å². The first-order chi connectivity index (χ1) is 9.19. The first kappa shape index (κ1) is 17.8. The largest absolute Gasteiger partial charge is 0.353 e. The van der Waals surface area contributed by atoms with Crippen LogP contribution in [0.25, 0.3) is 0 Å². The van der Waals surface area contributed by atoms with Crippen LogP contribution in [0.1, 0.15) is 18.4 Å². The lowest BCUT2D eigenvalue weighted by Gasteiger charge is -2.17. The smallest absolute Gasteiger partial charge is 0.191 e. The van der Waals surface area contributed by atoms with Crippen molar-refractivity contribution in [1.29, 1.82) is 0 Å². The van der Waals surface area contributed by atoms with E-state index < -0.39 is 0 Å². The summed E-state index contributed by atoms with van der Waals surface area (Å²) in [7, 11) is 1.78. The summed E-state index contributed by atoms with van der Waals surface area (Å²) >= 11 is 9.59. The van der Waals surface area contributed by atoms with Crippen molar-refractivity contribution in [1.82, 2.24) is 10.6 Å². The number of aliphatic imine (C=N–C) groups is 1. The third kappa shape index (κ3) is 5.26. The van der Waals surface area contributed by atoms with Gasteiger partial charge in [0, 0.05) is 29.1 Å². The Balaban J connectivity index is 0.00000200. The molecule has 0 amide bonds. The normalized spacial score (nSPS) is 15.1. The molecule has 0 aromatic heterocycles. The molecule has 0 heterocycles. The van der Waals surface area contributed by atoms with Gasteiger partial charge in [0.15, 0.2) is 5.96 Å². The molecule has 110 valence electrons. The number of guanidine groups is 1. The van der Waals surface area contributed by atoms with Gasteiger partial charge in [-0.15, -0.1) is 24.0 Å². The highest BCUT2D eigenvalue weighted by molar-refractivity contribution is 14.0. The van der Waals surface area contributed by atoms with E-state index in [4.69, 9.17) is 11.6 Å². The van der Waals surface area contributed by atoms with Crippen molar-refractivity contribution in [3.63, 3.8) is 0 Å². The highest BCUT2D eigenvalue weighted by Crippen LogP contribution is 2.21. The maximum absolute atomic E-state index is 6.19. The molecular formula is C14H18BrClIN3. The number of hydrogen-bond acceptors (Lipinski definition) is 1. The number of rotatable bonds is 3. The topological polar surface area (TPSA) is 36.4 Å². The number of halogens is 3. The second kappa shape index (κ2) is 8.89. The van der Waals surface area contributed by atoms with E-state index in [0.29, 0.717) is 12.6 Å². The third-order valence-electron chi connectivity index (χ3n) is 3.03. The minimum atomic E-state index is 0. The molecule has 0 saturated heterocycles. The summed E-state index contributed by atoms with van der Waals surface area (Å²) in [6.07, 6.45) is 6.49. The van der Waals surface area contributed by atoms with Gasteiger partial charge in [0.05, 0.1) is 0 Å². The molecule has 1 aliphatic carbocycles. The average molecular weight is 471 g/mol. The molecule has 6 heteroatoms. The lowest BCUT2D eigenvalue weighted by atomic mass is 10.2.